The number of hydrogen-bond acceptors (Lipinski definition) is 2. The van der Waals surface area contributed by atoms with Crippen LogP contribution in [0.15, 0.2) is 30.3 Å². The molecule has 0 unspecified atom stereocenters. The van der Waals surface area contributed by atoms with Gasteiger partial charge in [-0.15, -0.1) is 11.6 Å². The lowest BCUT2D eigenvalue weighted by Crippen LogP contribution is -2.02. The van der Waals surface area contributed by atoms with Gasteiger partial charge in [0.2, 0.25) is 0 Å². The van der Waals surface area contributed by atoms with Crippen LogP contribution in [0.5, 0.6) is 5.75 Å². The summed E-state index contributed by atoms with van der Waals surface area (Å²) >= 11 is 11.5. The summed E-state index contributed by atoms with van der Waals surface area (Å²) in [6.07, 6.45) is 0. The highest BCUT2D eigenvalue weighted by molar-refractivity contribution is 6.30. The first-order valence-corrected chi connectivity index (χ1v) is 6.61. The number of ether oxygens (including phenoxy) is 1. The Hall–Kier alpha value is -1.32. The molecule has 19 heavy (non-hydrogen) atoms. The molecule has 0 saturated heterocycles. The van der Waals surface area contributed by atoms with Crippen LogP contribution >= 0.6 is 23.2 Å². The number of pyridine rings is 1. The Labute approximate surface area is 121 Å². The van der Waals surface area contributed by atoms with Crippen molar-refractivity contribution in [3.8, 4) is 5.75 Å². The highest BCUT2D eigenvalue weighted by atomic mass is 35.5. The van der Waals surface area contributed by atoms with Crippen LogP contribution in [-0.2, 0) is 12.5 Å². The third-order valence-corrected chi connectivity index (χ3v) is 3.16. The van der Waals surface area contributed by atoms with Crippen LogP contribution in [0.3, 0.4) is 0 Å². The molecule has 1 aromatic heterocycles. The number of benzene rings is 1. The first-order valence-electron chi connectivity index (χ1n) is 5.70. The van der Waals surface area contributed by atoms with Gasteiger partial charge in [0, 0.05) is 11.3 Å². The Balaban J connectivity index is 2.17. The van der Waals surface area contributed by atoms with Crippen LogP contribution in [0.25, 0.3) is 0 Å². The van der Waals surface area contributed by atoms with Gasteiger partial charge in [0.15, 0.2) is 0 Å². The van der Waals surface area contributed by atoms with E-state index in [0.29, 0.717) is 17.0 Å². The molecule has 0 aliphatic heterocycles. The second-order valence-corrected chi connectivity index (χ2v) is 4.71. The van der Waals surface area contributed by atoms with Crippen molar-refractivity contribution < 1.29 is 9.13 Å². The predicted molar refractivity (Wildman–Crippen MR) is 74.3 cm³/mol. The van der Waals surface area contributed by atoms with Crippen molar-refractivity contribution in [2.75, 3.05) is 0 Å². The van der Waals surface area contributed by atoms with Gasteiger partial charge < -0.3 is 4.74 Å². The summed E-state index contributed by atoms with van der Waals surface area (Å²) in [7, 11) is 0. The van der Waals surface area contributed by atoms with Crippen LogP contribution in [0.2, 0.25) is 5.02 Å². The molecule has 5 heteroatoms. The van der Waals surface area contributed by atoms with Crippen LogP contribution in [0, 0.1) is 12.7 Å². The second kappa shape index (κ2) is 6.22. The van der Waals surface area contributed by atoms with Gasteiger partial charge in [0.05, 0.1) is 16.6 Å². The van der Waals surface area contributed by atoms with Crippen LogP contribution in [0.4, 0.5) is 4.39 Å². The number of nitrogens with zero attached hydrogens (tertiary/aromatic N) is 1. The predicted octanol–water partition coefficient (Wildman–Crippen LogP) is 4.50. The molecule has 0 N–H and O–H groups in total. The first-order chi connectivity index (χ1) is 9.11. The number of aryl methyl sites for hydroxylation is 1. The normalized spacial score (nSPS) is 10.5. The van der Waals surface area contributed by atoms with Gasteiger partial charge in [-0.1, -0.05) is 23.7 Å². The molecule has 0 fully saturated rings. The maximum absolute atomic E-state index is 13.7. The maximum Gasteiger partial charge on any atom is 0.148 e. The number of rotatable bonds is 4. The van der Waals surface area contributed by atoms with Crippen molar-refractivity contribution >= 4 is 23.2 Å². The number of hydrogen-bond donors (Lipinski definition) is 0. The van der Waals surface area contributed by atoms with Crippen molar-refractivity contribution in [3.05, 3.63) is 58.1 Å². The topological polar surface area (TPSA) is 22.1 Å². The highest BCUT2D eigenvalue weighted by Gasteiger charge is 2.09. The molecular weight excluding hydrogens is 288 g/mol. The average molecular weight is 300 g/mol. The lowest BCUT2D eigenvalue weighted by Gasteiger charge is -2.11. The van der Waals surface area contributed by atoms with Crippen molar-refractivity contribution in [1.82, 2.24) is 4.98 Å². The van der Waals surface area contributed by atoms with Gasteiger partial charge in [0.25, 0.3) is 0 Å². The Morgan fingerprint density at radius 2 is 2.05 bits per heavy atom. The fourth-order valence-electron chi connectivity index (χ4n) is 1.64. The largest absolute Gasteiger partial charge is 0.487 e. The number of aromatic nitrogens is 1. The molecule has 1 aromatic carbocycles. The van der Waals surface area contributed by atoms with Gasteiger partial charge in [-0.2, -0.15) is 0 Å². The Morgan fingerprint density at radius 3 is 2.79 bits per heavy atom. The number of alkyl halides is 1. The summed E-state index contributed by atoms with van der Waals surface area (Å²) in [5.41, 5.74) is 1.90. The third kappa shape index (κ3) is 3.37. The van der Waals surface area contributed by atoms with Crippen molar-refractivity contribution in [2.24, 2.45) is 0 Å². The molecule has 0 amide bonds. The molecule has 0 aliphatic rings. The van der Waals surface area contributed by atoms with Crippen LogP contribution in [0.1, 0.15) is 17.0 Å². The molecule has 0 radical (unpaired) electrons. The van der Waals surface area contributed by atoms with Gasteiger partial charge >= 0.3 is 0 Å². The van der Waals surface area contributed by atoms with Crippen molar-refractivity contribution in [1.29, 1.82) is 0 Å². The Kier molecular flexibility index (Phi) is 4.61. The maximum atomic E-state index is 13.7. The monoisotopic (exact) mass is 299 g/mol. The summed E-state index contributed by atoms with van der Waals surface area (Å²) in [4.78, 5) is 4.27. The summed E-state index contributed by atoms with van der Waals surface area (Å²) in [5.74, 6) is 0.339. The Morgan fingerprint density at radius 1 is 1.26 bits per heavy atom. The summed E-state index contributed by atoms with van der Waals surface area (Å²) in [6.45, 7) is 1.96. The van der Waals surface area contributed by atoms with E-state index in [4.69, 9.17) is 27.9 Å². The zero-order valence-corrected chi connectivity index (χ0v) is 11.8. The van der Waals surface area contributed by atoms with E-state index in [2.05, 4.69) is 4.98 Å². The minimum atomic E-state index is -0.461. The molecule has 2 nitrogen and oxygen atoms in total. The van der Waals surface area contributed by atoms with E-state index in [1.54, 1.807) is 18.2 Å². The fourth-order valence-corrected chi connectivity index (χ4v) is 2.03. The zero-order valence-electron chi connectivity index (χ0n) is 10.3. The van der Waals surface area contributed by atoms with E-state index in [0.717, 1.165) is 5.69 Å². The fraction of sp³-hybridized carbons (Fsp3) is 0.214. The molecule has 0 spiro atoms. The number of halogens is 3. The van der Waals surface area contributed by atoms with Crippen molar-refractivity contribution in [2.45, 2.75) is 19.4 Å². The molecule has 0 atom stereocenters. The molecule has 1 heterocycles. The van der Waals surface area contributed by atoms with Crippen LogP contribution in [-0.4, -0.2) is 4.98 Å². The van der Waals surface area contributed by atoms with E-state index in [9.17, 15) is 4.39 Å². The quantitative estimate of drug-likeness (QED) is 0.776. The molecule has 100 valence electrons. The molecular formula is C14H12Cl2FNO. The standard InChI is InChI=1S/C14H12Cl2FNO/c1-9-5-6-13(12(7-15)18-9)19-8-10-3-2-4-11(16)14(10)17/h2-6H,7-8H2,1H3. The molecule has 2 aromatic rings. The van der Waals surface area contributed by atoms with E-state index in [1.165, 1.54) is 6.07 Å². The average Bonchev–Trinajstić information content (AvgIpc) is 2.41. The molecule has 0 aliphatic carbocycles. The summed E-state index contributed by atoms with van der Waals surface area (Å²) in [5, 5.41) is 0.0840. The van der Waals surface area contributed by atoms with Gasteiger partial charge in [0.1, 0.15) is 18.2 Å². The summed E-state index contributed by atoms with van der Waals surface area (Å²) in [6, 6.07) is 8.41. The Bertz CT molecular complexity index is 590. The summed E-state index contributed by atoms with van der Waals surface area (Å²) < 4.78 is 19.3. The lowest BCUT2D eigenvalue weighted by molar-refractivity contribution is 0.296. The first kappa shape index (κ1) is 14.1. The van der Waals surface area contributed by atoms with E-state index < -0.39 is 5.82 Å². The molecule has 0 bridgehead atoms. The van der Waals surface area contributed by atoms with E-state index >= 15 is 0 Å². The SMILES string of the molecule is Cc1ccc(OCc2cccc(Cl)c2F)c(CCl)n1. The molecule has 0 saturated carbocycles. The van der Waals surface area contributed by atoms with Gasteiger partial charge in [-0.05, 0) is 25.1 Å². The van der Waals surface area contributed by atoms with Gasteiger partial charge in [-0.3, -0.25) is 4.98 Å². The highest BCUT2D eigenvalue weighted by Crippen LogP contribution is 2.22. The van der Waals surface area contributed by atoms with Crippen LogP contribution < -0.4 is 4.74 Å². The van der Waals surface area contributed by atoms with E-state index in [-0.39, 0.29) is 17.5 Å². The van der Waals surface area contributed by atoms with Gasteiger partial charge in [-0.25, -0.2) is 4.39 Å². The zero-order chi connectivity index (χ0) is 13.8. The minimum absolute atomic E-state index is 0.0840. The lowest BCUT2D eigenvalue weighted by atomic mass is 10.2. The smallest absolute Gasteiger partial charge is 0.148 e. The van der Waals surface area contributed by atoms with Crippen molar-refractivity contribution in [3.63, 3.8) is 0 Å². The second-order valence-electron chi connectivity index (χ2n) is 4.03. The third-order valence-electron chi connectivity index (χ3n) is 2.61. The van der Waals surface area contributed by atoms with E-state index in [1.807, 2.05) is 13.0 Å². The molecule has 2 rings (SSSR count). The minimum Gasteiger partial charge on any atom is -0.487 e.